The zero-order chi connectivity index (χ0) is 13.2. The van der Waals surface area contributed by atoms with Crippen LogP contribution in [0.2, 0.25) is 0 Å². The van der Waals surface area contributed by atoms with Gasteiger partial charge in [-0.25, -0.2) is 4.79 Å². The highest BCUT2D eigenvalue weighted by Crippen LogP contribution is 2.43. The lowest BCUT2D eigenvalue weighted by molar-refractivity contribution is -0.168. The Hall–Kier alpha value is -0.910. The van der Waals surface area contributed by atoms with Crippen LogP contribution in [0.4, 0.5) is 0 Å². The van der Waals surface area contributed by atoms with E-state index >= 15 is 0 Å². The molecular weight excluding hydrogens is 300 g/mol. The Morgan fingerprint density at radius 2 is 2.28 bits per heavy atom. The molecule has 1 aromatic carbocycles. The number of benzene rings is 1. The van der Waals surface area contributed by atoms with Crippen molar-refractivity contribution in [2.45, 2.75) is 24.9 Å². The van der Waals surface area contributed by atoms with Gasteiger partial charge in [0, 0.05) is 11.1 Å². The number of hydrogen-bond acceptors (Lipinski definition) is 3. The molecule has 98 valence electrons. The smallest absolute Gasteiger partial charge is 0.340 e. The fourth-order valence-electron chi connectivity index (χ4n) is 2.37. The van der Waals surface area contributed by atoms with E-state index in [0.29, 0.717) is 19.3 Å². The summed E-state index contributed by atoms with van der Waals surface area (Å²) in [7, 11) is 0. The summed E-state index contributed by atoms with van der Waals surface area (Å²) in [4.78, 5) is 11.6. The summed E-state index contributed by atoms with van der Waals surface area (Å²) in [5.41, 5.74) is 0.472. The Morgan fingerprint density at radius 1 is 1.50 bits per heavy atom. The number of carbonyl (C=O) groups is 1. The van der Waals surface area contributed by atoms with E-state index in [2.05, 4.69) is 15.9 Å². The molecule has 0 saturated heterocycles. The Balaban J connectivity index is 2.35. The van der Waals surface area contributed by atoms with Gasteiger partial charge in [0.2, 0.25) is 0 Å². The second kappa shape index (κ2) is 5.38. The van der Waals surface area contributed by atoms with Crippen molar-refractivity contribution in [1.29, 1.82) is 0 Å². The normalized spacial score (nSPS) is 21.9. The third kappa shape index (κ3) is 2.18. The van der Waals surface area contributed by atoms with Crippen molar-refractivity contribution >= 4 is 21.9 Å². The molecule has 2 N–H and O–H groups in total. The SMILES string of the molecule is O=C(O)C1(OCCCO)CCc2c(Br)cccc21. The van der Waals surface area contributed by atoms with Crippen LogP contribution in [-0.4, -0.2) is 29.4 Å². The van der Waals surface area contributed by atoms with Crippen molar-refractivity contribution in [3.05, 3.63) is 33.8 Å². The number of carboxylic acid groups (broad SMARTS) is 1. The number of aliphatic hydroxyl groups excluding tert-OH is 1. The molecular formula is C13H15BrO4. The van der Waals surface area contributed by atoms with Gasteiger partial charge in [-0.15, -0.1) is 0 Å². The molecule has 0 fully saturated rings. The van der Waals surface area contributed by atoms with Gasteiger partial charge in [-0.3, -0.25) is 0 Å². The van der Waals surface area contributed by atoms with Crippen LogP contribution in [0, 0.1) is 0 Å². The molecule has 4 nitrogen and oxygen atoms in total. The molecule has 0 spiro atoms. The summed E-state index contributed by atoms with van der Waals surface area (Å²) in [6, 6.07) is 5.53. The molecule has 0 amide bonds. The van der Waals surface area contributed by atoms with E-state index in [1.54, 1.807) is 6.07 Å². The molecule has 0 bridgehead atoms. The van der Waals surface area contributed by atoms with Gasteiger partial charge in [-0.1, -0.05) is 28.1 Å². The standard InChI is InChI=1S/C13H15BrO4/c14-11-4-1-3-10-9(11)5-6-13(10,12(16)17)18-8-2-7-15/h1,3-4,15H,2,5-8H2,(H,16,17). The minimum Gasteiger partial charge on any atom is -0.479 e. The second-order valence-electron chi connectivity index (χ2n) is 4.32. The van der Waals surface area contributed by atoms with Gasteiger partial charge < -0.3 is 14.9 Å². The fourth-order valence-corrected chi connectivity index (χ4v) is 2.94. The largest absolute Gasteiger partial charge is 0.479 e. The number of ether oxygens (including phenoxy) is 1. The van der Waals surface area contributed by atoms with Crippen LogP contribution in [0.25, 0.3) is 0 Å². The molecule has 1 aliphatic rings. The van der Waals surface area contributed by atoms with Crippen molar-refractivity contribution in [3.63, 3.8) is 0 Å². The monoisotopic (exact) mass is 314 g/mol. The molecule has 1 atom stereocenters. The number of halogens is 1. The lowest BCUT2D eigenvalue weighted by Crippen LogP contribution is -2.37. The summed E-state index contributed by atoms with van der Waals surface area (Å²) in [6.45, 7) is 0.246. The van der Waals surface area contributed by atoms with Crippen LogP contribution in [0.15, 0.2) is 22.7 Å². The maximum absolute atomic E-state index is 11.6. The van der Waals surface area contributed by atoms with Gasteiger partial charge in [-0.05, 0) is 36.5 Å². The van der Waals surface area contributed by atoms with E-state index in [1.165, 1.54) is 0 Å². The maximum Gasteiger partial charge on any atom is 0.340 e. The third-order valence-electron chi connectivity index (χ3n) is 3.28. The number of aliphatic hydroxyl groups is 1. The van der Waals surface area contributed by atoms with Gasteiger partial charge in [0.15, 0.2) is 5.60 Å². The first-order chi connectivity index (χ1) is 8.62. The van der Waals surface area contributed by atoms with Gasteiger partial charge in [0.1, 0.15) is 0 Å². The van der Waals surface area contributed by atoms with Crippen LogP contribution in [0.3, 0.4) is 0 Å². The van der Waals surface area contributed by atoms with E-state index in [4.69, 9.17) is 9.84 Å². The first-order valence-corrected chi connectivity index (χ1v) is 6.67. The third-order valence-corrected chi connectivity index (χ3v) is 4.02. The topological polar surface area (TPSA) is 66.8 Å². The zero-order valence-corrected chi connectivity index (χ0v) is 11.4. The highest BCUT2D eigenvalue weighted by Gasteiger charge is 2.47. The predicted molar refractivity (Wildman–Crippen MR) is 69.4 cm³/mol. The Bertz CT molecular complexity index is 460. The first kappa shape index (κ1) is 13.5. The average Bonchev–Trinajstić information content (AvgIpc) is 2.72. The molecule has 0 aliphatic heterocycles. The van der Waals surface area contributed by atoms with E-state index in [1.807, 2.05) is 12.1 Å². The van der Waals surface area contributed by atoms with E-state index in [-0.39, 0.29) is 13.2 Å². The Morgan fingerprint density at radius 3 is 2.94 bits per heavy atom. The molecule has 0 saturated carbocycles. The molecule has 2 rings (SSSR count). The number of hydrogen-bond donors (Lipinski definition) is 2. The van der Waals surface area contributed by atoms with Crippen molar-refractivity contribution in [2.75, 3.05) is 13.2 Å². The first-order valence-electron chi connectivity index (χ1n) is 5.88. The summed E-state index contributed by atoms with van der Waals surface area (Å²) in [6.07, 6.45) is 1.56. The lowest BCUT2D eigenvalue weighted by atomic mass is 9.96. The average molecular weight is 315 g/mol. The summed E-state index contributed by atoms with van der Waals surface area (Å²) in [5.74, 6) is -0.961. The minimum absolute atomic E-state index is 0.00103. The van der Waals surface area contributed by atoms with Crippen molar-refractivity contribution < 1.29 is 19.7 Å². The van der Waals surface area contributed by atoms with E-state index in [0.717, 1.165) is 15.6 Å². The number of rotatable bonds is 5. The van der Waals surface area contributed by atoms with Crippen molar-refractivity contribution in [2.24, 2.45) is 0 Å². The quantitative estimate of drug-likeness (QED) is 0.817. The second-order valence-corrected chi connectivity index (χ2v) is 5.18. The lowest BCUT2D eigenvalue weighted by Gasteiger charge is -2.26. The van der Waals surface area contributed by atoms with E-state index < -0.39 is 11.6 Å². The van der Waals surface area contributed by atoms with E-state index in [9.17, 15) is 9.90 Å². The van der Waals surface area contributed by atoms with Gasteiger partial charge in [0.05, 0.1) is 6.61 Å². The molecule has 0 aromatic heterocycles. The summed E-state index contributed by atoms with van der Waals surface area (Å²) < 4.78 is 6.52. The summed E-state index contributed by atoms with van der Waals surface area (Å²) in [5, 5.41) is 18.3. The van der Waals surface area contributed by atoms with Crippen molar-refractivity contribution in [1.82, 2.24) is 0 Å². The molecule has 1 aliphatic carbocycles. The zero-order valence-electron chi connectivity index (χ0n) is 9.86. The highest BCUT2D eigenvalue weighted by molar-refractivity contribution is 9.10. The van der Waals surface area contributed by atoms with Gasteiger partial charge in [-0.2, -0.15) is 0 Å². The van der Waals surface area contributed by atoms with Gasteiger partial charge >= 0.3 is 5.97 Å². The Kier molecular flexibility index (Phi) is 4.04. The highest BCUT2D eigenvalue weighted by atomic mass is 79.9. The van der Waals surface area contributed by atoms with Crippen LogP contribution in [0.5, 0.6) is 0 Å². The number of aliphatic carboxylic acids is 1. The minimum atomic E-state index is -1.26. The maximum atomic E-state index is 11.6. The Labute approximate surface area is 114 Å². The predicted octanol–water partition coefficient (Wildman–Crippen LogP) is 2.07. The molecule has 1 unspecified atom stereocenters. The number of fused-ring (bicyclic) bond motifs is 1. The van der Waals surface area contributed by atoms with Gasteiger partial charge in [0.25, 0.3) is 0 Å². The van der Waals surface area contributed by atoms with Crippen LogP contribution in [-0.2, 0) is 21.6 Å². The molecule has 1 aromatic rings. The van der Waals surface area contributed by atoms with Crippen molar-refractivity contribution in [3.8, 4) is 0 Å². The van der Waals surface area contributed by atoms with Crippen LogP contribution < -0.4 is 0 Å². The molecule has 0 heterocycles. The fraction of sp³-hybridized carbons (Fsp3) is 0.462. The summed E-state index contributed by atoms with van der Waals surface area (Å²) >= 11 is 3.44. The molecule has 0 radical (unpaired) electrons. The number of carboxylic acids is 1. The molecule has 5 heteroatoms. The van der Waals surface area contributed by atoms with Crippen LogP contribution >= 0.6 is 15.9 Å². The molecule has 18 heavy (non-hydrogen) atoms. The van der Waals surface area contributed by atoms with Crippen LogP contribution in [0.1, 0.15) is 24.0 Å².